The molecule has 4 N–H and O–H groups in total. The van der Waals surface area contributed by atoms with Crippen molar-refractivity contribution in [3.8, 4) is 5.75 Å². The zero-order valence-electron chi connectivity index (χ0n) is 16.9. The summed E-state index contributed by atoms with van der Waals surface area (Å²) in [6.45, 7) is 3.16. The van der Waals surface area contributed by atoms with Crippen LogP contribution in [0.5, 0.6) is 5.75 Å². The SMILES string of the molecule is CC1OC2CC(O)C1(O)C1=C2C(=O)c2cc3c(c(O)c2C1=O)[C@H](C)O[C@@H](CC(=O)O)C3. The zero-order valence-corrected chi connectivity index (χ0v) is 16.9. The van der Waals surface area contributed by atoms with Crippen LogP contribution in [0.15, 0.2) is 17.2 Å². The average molecular weight is 430 g/mol. The van der Waals surface area contributed by atoms with Crippen molar-refractivity contribution in [2.45, 2.75) is 69.2 Å². The van der Waals surface area contributed by atoms with Gasteiger partial charge in [-0.1, -0.05) is 0 Å². The van der Waals surface area contributed by atoms with Gasteiger partial charge in [0, 0.05) is 28.7 Å². The fourth-order valence-corrected chi connectivity index (χ4v) is 5.56. The van der Waals surface area contributed by atoms with Crippen LogP contribution in [0.2, 0.25) is 0 Å². The topological polar surface area (TPSA) is 151 Å². The van der Waals surface area contributed by atoms with E-state index in [1.54, 1.807) is 6.92 Å². The number of carbonyl (C=O) groups is 3. The number of phenolic OH excluding ortho intramolecular Hbond substituents is 1. The second-order valence-corrected chi connectivity index (χ2v) is 8.71. The largest absolute Gasteiger partial charge is 0.507 e. The van der Waals surface area contributed by atoms with Gasteiger partial charge in [-0.05, 0) is 31.9 Å². The highest BCUT2D eigenvalue weighted by Crippen LogP contribution is 2.51. The summed E-state index contributed by atoms with van der Waals surface area (Å²) in [6, 6.07) is 1.51. The molecule has 9 nitrogen and oxygen atoms in total. The molecule has 2 bridgehead atoms. The van der Waals surface area contributed by atoms with Crippen molar-refractivity contribution >= 4 is 17.5 Å². The first-order valence-corrected chi connectivity index (χ1v) is 10.2. The van der Waals surface area contributed by atoms with Crippen LogP contribution in [0, 0.1) is 0 Å². The lowest BCUT2D eigenvalue weighted by Gasteiger charge is -2.52. The molecule has 6 atom stereocenters. The van der Waals surface area contributed by atoms with Crippen molar-refractivity contribution in [2.24, 2.45) is 0 Å². The van der Waals surface area contributed by atoms with Gasteiger partial charge in [-0.15, -0.1) is 0 Å². The molecule has 0 aromatic heterocycles. The monoisotopic (exact) mass is 430 g/mol. The molecule has 3 aliphatic heterocycles. The number of rotatable bonds is 2. The molecule has 1 aromatic carbocycles. The minimum absolute atomic E-state index is 0.00920. The highest BCUT2D eigenvalue weighted by Gasteiger charge is 2.62. The van der Waals surface area contributed by atoms with Gasteiger partial charge in [-0.2, -0.15) is 0 Å². The molecular weight excluding hydrogens is 408 g/mol. The molecule has 1 aromatic rings. The molecule has 164 valence electrons. The summed E-state index contributed by atoms with van der Waals surface area (Å²) in [5, 5.41) is 41.8. The van der Waals surface area contributed by atoms with Gasteiger partial charge in [0.1, 0.15) is 11.4 Å². The van der Waals surface area contributed by atoms with Gasteiger partial charge in [-0.25, -0.2) is 0 Å². The van der Waals surface area contributed by atoms with Crippen LogP contribution in [0.4, 0.5) is 0 Å². The smallest absolute Gasteiger partial charge is 0.305 e. The van der Waals surface area contributed by atoms with Crippen molar-refractivity contribution in [3.05, 3.63) is 39.5 Å². The molecule has 5 aliphatic rings. The quantitative estimate of drug-likeness (QED) is 0.535. The molecule has 9 heteroatoms. The van der Waals surface area contributed by atoms with Crippen LogP contribution >= 0.6 is 0 Å². The Balaban J connectivity index is 1.68. The first-order valence-electron chi connectivity index (χ1n) is 10.2. The summed E-state index contributed by atoms with van der Waals surface area (Å²) in [6.07, 6.45) is -4.44. The molecule has 31 heavy (non-hydrogen) atoms. The number of benzene rings is 1. The van der Waals surface area contributed by atoms with Gasteiger partial charge in [0.2, 0.25) is 0 Å². The number of aliphatic carboxylic acids is 1. The van der Waals surface area contributed by atoms with Crippen LogP contribution in [0.3, 0.4) is 0 Å². The van der Waals surface area contributed by atoms with E-state index < -0.39 is 59.4 Å². The molecule has 1 fully saturated rings. The van der Waals surface area contributed by atoms with E-state index in [1.807, 2.05) is 0 Å². The lowest BCUT2D eigenvalue weighted by atomic mass is 9.63. The number of phenols is 1. The van der Waals surface area contributed by atoms with E-state index in [0.717, 1.165) is 0 Å². The number of Topliss-reactive ketones (excluding diaryl/α,β-unsaturated/α-hetero) is 2. The van der Waals surface area contributed by atoms with Crippen molar-refractivity contribution < 1.29 is 44.3 Å². The van der Waals surface area contributed by atoms with E-state index in [9.17, 15) is 29.7 Å². The number of hydrogen-bond acceptors (Lipinski definition) is 8. The molecular formula is C22H22O9. The maximum Gasteiger partial charge on any atom is 0.305 e. The lowest BCUT2D eigenvalue weighted by molar-refractivity contribution is -0.207. The van der Waals surface area contributed by atoms with E-state index >= 15 is 0 Å². The van der Waals surface area contributed by atoms with Crippen LogP contribution in [0.25, 0.3) is 0 Å². The third kappa shape index (κ3) is 2.54. The van der Waals surface area contributed by atoms with Gasteiger partial charge in [-0.3, -0.25) is 14.4 Å². The Hall–Kier alpha value is -2.59. The summed E-state index contributed by atoms with van der Waals surface area (Å²) in [7, 11) is 0. The van der Waals surface area contributed by atoms with Crippen molar-refractivity contribution in [3.63, 3.8) is 0 Å². The number of hydrogen-bond donors (Lipinski definition) is 4. The minimum atomic E-state index is -2.05. The summed E-state index contributed by atoms with van der Waals surface area (Å²) in [4.78, 5) is 38.0. The van der Waals surface area contributed by atoms with Crippen molar-refractivity contribution in [1.82, 2.24) is 0 Å². The third-order valence-corrected chi connectivity index (χ3v) is 6.95. The van der Waals surface area contributed by atoms with Crippen LogP contribution in [-0.4, -0.2) is 68.0 Å². The standard InChI is InChI=1S/C22H22O9/c1-7-15-9(3-10(30-7)5-14(24)25)4-11-16(20(15)27)21(28)18-17(19(11)26)12-6-13(23)22(18,29)8(2)31-12/h4,7-8,10,12-13,23,27,29H,3,5-6H2,1-2H3,(H,24,25)/t7-,8?,10+,12?,13?,22?/m0/s1. The van der Waals surface area contributed by atoms with Crippen LogP contribution < -0.4 is 0 Å². The molecule has 0 radical (unpaired) electrons. The molecule has 0 amide bonds. The third-order valence-electron chi connectivity index (χ3n) is 6.95. The van der Waals surface area contributed by atoms with E-state index in [0.29, 0.717) is 11.1 Å². The Bertz CT molecular complexity index is 1070. The molecule has 2 aliphatic carbocycles. The van der Waals surface area contributed by atoms with Crippen LogP contribution in [-0.2, 0) is 20.7 Å². The maximum absolute atomic E-state index is 13.5. The fourth-order valence-electron chi connectivity index (χ4n) is 5.56. The first kappa shape index (κ1) is 20.3. The van der Waals surface area contributed by atoms with E-state index in [2.05, 4.69) is 0 Å². The summed E-state index contributed by atoms with van der Waals surface area (Å²) < 4.78 is 11.4. The summed E-state index contributed by atoms with van der Waals surface area (Å²) in [5.74, 6) is -2.70. The Labute approximate surface area is 176 Å². The van der Waals surface area contributed by atoms with Gasteiger partial charge in [0.05, 0.1) is 42.5 Å². The highest BCUT2D eigenvalue weighted by atomic mass is 16.5. The van der Waals surface area contributed by atoms with Gasteiger partial charge >= 0.3 is 5.97 Å². The predicted octanol–water partition coefficient (Wildman–Crippen LogP) is 0.828. The molecule has 6 rings (SSSR count). The Kier molecular flexibility index (Phi) is 4.23. The first-order chi connectivity index (χ1) is 14.6. The zero-order chi connectivity index (χ0) is 22.4. The normalized spacial score (nSPS) is 36.2. The number of fused-ring (bicyclic) bond motifs is 4. The van der Waals surface area contributed by atoms with Crippen molar-refractivity contribution in [2.75, 3.05) is 0 Å². The molecule has 1 saturated heterocycles. The average Bonchev–Trinajstić information content (AvgIpc) is 2.66. The maximum atomic E-state index is 13.5. The molecule has 0 saturated carbocycles. The fraction of sp³-hybridized carbons (Fsp3) is 0.500. The van der Waals surface area contributed by atoms with Gasteiger partial charge < -0.3 is 29.9 Å². The predicted molar refractivity (Wildman–Crippen MR) is 103 cm³/mol. The number of carboxylic acid groups (broad SMARTS) is 1. The number of carbonyl (C=O) groups excluding carboxylic acids is 2. The van der Waals surface area contributed by atoms with E-state index in [-0.39, 0.29) is 41.5 Å². The minimum Gasteiger partial charge on any atom is -0.507 e. The molecule has 4 unspecified atom stereocenters. The van der Waals surface area contributed by atoms with Gasteiger partial charge in [0.25, 0.3) is 0 Å². The Morgan fingerprint density at radius 3 is 2.58 bits per heavy atom. The number of aliphatic hydroxyl groups is 2. The second kappa shape index (κ2) is 6.46. The number of aliphatic hydroxyl groups excluding tert-OH is 1. The second-order valence-electron chi connectivity index (χ2n) is 8.71. The molecule has 3 heterocycles. The Morgan fingerprint density at radius 1 is 1.23 bits per heavy atom. The Morgan fingerprint density at radius 2 is 1.94 bits per heavy atom. The van der Waals surface area contributed by atoms with Gasteiger partial charge in [0.15, 0.2) is 11.6 Å². The number of ether oxygens (including phenoxy) is 2. The summed E-state index contributed by atoms with van der Waals surface area (Å²) >= 11 is 0. The number of carboxylic acids is 1. The summed E-state index contributed by atoms with van der Waals surface area (Å²) in [5.41, 5.74) is -1.62. The van der Waals surface area contributed by atoms with Crippen LogP contribution in [0.1, 0.15) is 64.6 Å². The molecule has 0 spiro atoms. The van der Waals surface area contributed by atoms with E-state index in [1.165, 1.54) is 13.0 Å². The number of aromatic hydroxyl groups is 1. The highest BCUT2D eigenvalue weighted by molar-refractivity contribution is 6.29. The van der Waals surface area contributed by atoms with E-state index in [4.69, 9.17) is 14.6 Å². The number of ketones is 2. The van der Waals surface area contributed by atoms with Crippen molar-refractivity contribution in [1.29, 1.82) is 0 Å². The lowest BCUT2D eigenvalue weighted by Crippen LogP contribution is -2.66.